The second-order valence-corrected chi connectivity index (χ2v) is 8.51. The summed E-state index contributed by atoms with van der Waals surface area (Å²) in [6, 6.07) is 30.5. The first-order valence-corrected chi connectivity index (χ1v) is 11.8. The summed E-state index contributed by atoms with van der Waals surface area (Å²) in [5, 5.41) is 3.78. The zero-order valence-corrected chi connectivity index (χ0v) is 20.1. The average Bonchev–Trinajstić information content (AvgIpc) is 2.92. The van der Waals surface area contributed by atoms with E-state index in [0.29, 0.717) is 39.0 Å². The van der Waals surface area contributed by atoms with Crippen molar-refractivity contribution in [3.8, 4) is 11.5 Å². The molecule has 0 saturated carbocycles. The lowest BCUT2D eigenvalue weighted by molar-refractivity contribution is -0.153. The number of rotatable bonds is 7. The molecule has 1 amide bonds. The Morgan fingerprint density at radius 3 is 1.92 bits per heavy atom. The standard InChI is InChI=1S/C30H24N2O5/c1-20(30(35)31-21-15-17-23(18-16-21)37-22-9-3-2-4-10-22)36-28(33)19-32-26-13-7-5-11-24(26)29(34)25-12-6-8-14-27(25)32/h2-18,20H,19H2,1H3,(H,31,35). The van der Waals surface area contributed by atoms with Crippen molar-refractivity contribution in [2.24, 2.45) is 0 Å². The van der Waals surface area contributed by atoms with Crippen LogP contribution in [0.3, 0.4) is 0 Å². The van der Waals surface area contributed by atoms with E-state index in [1.165, 1.54) is 6.92 Å². The van der Waals surface area contributed by atoms with Crippen molar-refractivity contribution in [3.63, 3.8) is 0 Å². The van der Waals surface area contributed by atoms with E-state index in [2.05, 4.69) is 5.32 Å². The first-order valence-electron chi connectivity index (χ1n) is 11.8. The number of nitrogens with one attached hydrogen (secondary N) is 1. The van der Waals surface area contributed by atoms with Gasteiger partial charge in [0.1, 0.15) is 18.0 Å². The number of ether oxygens (including phenoxy) is 2. The number of fused-ring (bicyclic) bond motifs is 2. The summed E-state index contributed by atoms with van der Waals surface area (Å²) in [4.78, 5) is 38.4. The minimum absolute atomic E-state index is 0.0937. The maximum absolute atomic E-state index is 12.9. The van der Waals surface area contributed by atoms with Crippen LogP contribution in [0.5, 0.6) is 11.5 Å². The Kier molecular flexibility index (Phi) is 6.68. The Morgan fingerprint density at radius 1 is 0.757 bits per heavy atom. The van der Waals surface area contributed by atoms with Crippen LogP contribution in [-0.2, 0) is 20.9 Å². The normalized spacial score (nSPS) is 11.7. The molecule has 1 aromatic heterocycles. The zero-order chi connectivity index (χ0) is 25.8. The fraction of sp³-hybridized carbons (Fsp3) is 0.100. The van der Waals surface area contributed by atoms with Crippen molar-refractivity contribution >= 4 is 39.4 Å². The molecule has 1 heterocycles. The van der Waals surface area contributed by atoms with Crippen molar-refractivity contribution in [3.05, 3.63) is 113 Å². The summed E-state index contributed by atoms with van der Waals surface area (Å²) in [5.74, 6) is 0.292. The van der Waals surface area contributed by atoms with E-state index in [1.807, 2.05) is 42.5 Å². The van der Waals surface area contributed by atoms with Crippen molar-refractivity contribution in [1.29, 1.82) is 0 Å². The predicted molar refractivity (Wildman–Crippen MR) is 143 cm³/mol. The van der Waals surface area contributed by atoms with Gasteiger partial charge in [-0.1, -0.05) is 42.5 Å². The third kappa shape index (κ3) is 5.21. The van der Waals surface area contributed by atoms with Gasteiger partial charge >= 0.3 is 5.97 Å². The first-order chi connectivity index (χ1) is 18.0. The molecule has 0 fully saturated rings. The molecule has 1 atom stereocenters. The fourth-order valence-corrected chi connectivity index (χ4v) is 4.14. The highest BCUT2D eigenvalue weighted by molar-refractivity contribution is 5.96. The van der Waals surface area contributed by atoms with Crippen LogP contribution in [0, 0.1) is 0 Å². The Morgan fingerprint density at radius 2 is 1.30 bits per heavy atom. The van der Waals surface area contributed by atoms with Crippen LogP contribution in [0.15, 0.2) is 108 Å². The number of nitrogens with zero attached hydrogens (tertiary/aromatic N) is 1. The van der Waals surface area contributed by atoms with Crippen LogP contribution >= 0.6 is 0 Å². The van der Waals surface area contributed by atoms with Crippen molar-refractivity contribution < 1.29 is 19.1 Å². The Labute approximate surface area is 212 Å². The number of amides is 1. The van der Waals surface area contributed by atoms with Gasteiger partial charge in [-0.15, -0.1) is 0 Å². The highest BCUT2D eigenvalue weighted by atomic mass is 16.5. The van der Waals surface area contributed by atoms with Gasteiger partial charge in [-0.25, -0.2) is 0 Å². The zero-order valence-electron chi connectivity index (χ0n) is 20.1. The molecule has 4 aromatic carbocycles. The Balaban J connectivity index is 1.26. The number of para-hydroxylation sites is 3. The predicted octanol–water partition coefficient (Wildman–Crippen LogP) is 5.52. The molecule has 1 unspecified atom stereocenters. The number of hydrogen-bond acceptors (Lipinski definition) is 5. The molecule has 0 aliphatic rings. The van der Waals surface area contributed by atoms with E-state index in [4.69, 9.17) is 9.47 Å². The lowest BCUT2D eigenvalue weighted by Gasteiger charge is -2.17. The maximum atomic E-state index is 12.9. The Hall–Kier alpha value is -4.91. The van der Waals surface area contributed by atoms with Gasteiger partial charge in [-0.2, -0.15) is 0 Å². The highest BCUT2D eigenvalue weighted by Gasteiger charge is 2.20. The van der Waals surface area contributed by atoms with Gasteiger partial charge in [0.2, 0.25) is 0 Å². The number of anilines is 1. The molecule has 5 rings (SSSR count). The largest absolute Gasteiger partial charge is 0.457 e. The lowest BCUT2D eigenvalue weighted by Crippen LogP contribution is -2.31. The second-order valence-electron chi connectivity index (χ2n) is 8.51. The lowest BCUT2D eigenvalue weighted by atomic mass is 10.1. The van der Waals surface area contributed by atoms with Crippen LogP contribution in [0.1, 0.15) is 6.92 Å². The Bertz CT molecular complexity index is 1580. The molecule has 37 heavy (non-hydrogen) atoms. The maximum Gasteiger partial charge on any atom is 0.326 e. The molecule has 5 aromatic rings. The molecule has 0 radical (unpaired) electrons. The average molecular weight is 493 g/mol. The number of aromatic nitrogens is 1. The molecular formula is C30H24N2O5. The number of carbonyl (C=O) groups is 2. The van der Waals surface area contributed by atoms with Gasteiger partial charge in [0, 0.05) is 16.5 Å². The van der Waals surface area contributed by atoms with Gasteiger partial charge in [0.15, 0.2) is 11.5 Å². The summed E-state index contributed by atoms with van der Waals surface area (Å²) in [7, 11) is 0. The highest BCUT2D eigenvalue weighted by Crippen LogP contribution is 2.23. The first kappa shape index (κ1) is 23.8. The third-order valence-electron chi connectivity index (χ3n) is 5.94. The van der Waals surface area contributed by atoms with Crippen LogP contribution in [0.2, 0.25) is 0 Å². The molecule has 184 valence electrons. The molecule has 7 heteroatoms. The molecule has 0 saturated heterocycles. The molecule has 0 aliphatic carbocycles. The summed E-state index contributed by atoms with van der Waals surface area (Å²) < 4.78 is 12.9. The number of carbonyl (C=O) groups excluding carboxylic acids is 2. The van der Waals surface area contributed by atoms with Crippen LogP contribution in [0.25, 0.3) is 21.8 Å². The summed E-state index contributed by atoms with van der Waals surface area (Å²) in [6.07, 6.45) is -1.02. The van der Waals surface area contributed by atoms with Gasteiger partial charge in [0.25, 0.3) is 5.91 Å². The second kappa shape index (κ2) is 10.4. The number of benzene rings is 4. The summed E-state index contributed by atoms with van der Waals surface area (Å²) in [5.41, 5.74) is 1.70. The third-order valence-corrected chi connectivity index (χ3v) is 5.94. The molecule has 0 aliphatic heterocycles. The van der Waals surface area contributed by atoms with E-state index >= 15 is 0 Å². The van der Waals surface area contributed by atoms with Gasteiger partial charge in [-0.3, -0.25) is 14.4 Å². The quantitative estimate of drug-likeness (QED) is 0.239. The van der Waals surface area contributed by atoms with E-state index in [9.17, 15) is 14.4 Å². The molecule has 0 bridgehead atoms. The topological polar surface area (TPSA) is 86.6 Å². The minimum atomic E-state index is -1.02. The SMILES string of the molecule is CC(OC(=O)Cn1c2ccccc2c(=O)c2ccccc21)C(=O)Nc1ccc(Oc2ccccc2)cc1. The van der Waals surface area contributed by atoms with E-state index in [0.717, 1.165) is 0 Å². The van der Waals surface area contributed by atoms with Crippen LogP contribution < -0.4 is 15.5 Å². The van der Waals surface area contributed by atoms with Gasteiger partial charge < -0.3 is 19.4 Å². The van der Waals surface area contributed by atoms with Crippen molar-refractivity contribution in [2.45, 2.75) is 19.6 Å². The molecule has 0 spiro atoms. The van der Waals surface area contributed by atoms with Crippen molar-refractivity contribution in [1.82, 2.24) is 4.57 Å². The number of pyridine rings is 1. The van der Waals surface area contributed by atoms with E-state index in [-0.39, 0.29) is 12.0 Å². The molecular weight excluding hydrogens is 468 g/mol. The summed E-state index contributed by atoms with van der Waals surface area (Å²) in [6.45, 7) is 1.37. The monoisotopic (exact) mass is 492 g/mol. The van der Waals surface area contributed by atoms with Crippen LogP contribution in [0.4, 0.5) is 5.69 Å². The molecule has 1 N–H and O–H groups in total. The van der Waals surface area contributed by atoms with E-state index in [1.54, 1.807) is 65.2 Å². The number of hydrogen-bond donors (Lipinski definition) is 1. The smallest absolute Gasteiger partial charge is 0.326 e. The fourth-order valence-electron chi connectivity index (χ4n) is 4.14. The van der Waals surface area contributed by atoms with Gasteiger partial charge in [0.05, 0.1) is 11.0 Å². The molecule has 7 nitrogen and oxygen atoms in total. The van der Waals surface area contributed by atoms with Gasteiger partial charge in [-0.05, 0) is 67.6 Å². The minimum Gasteiger partial charge on any atom is -0.457 e. The number of esters is 1. The van der Waals surface area contributed by atoms with E-state index < -0.39 is 18.0 Å². The summed E-state index contributed by atoms with van der Waals surface area (Å²) >= 11 is 0. The van der Waals surface area contributed by atoms with Crippen LogP contribution in [-0.4, -0.2) is 22.5 Å². The van der Waals surface area contributed by atoms with Crippen molar-refractivity contribution in [2.75, 3.05) is 5.32 Å².